The standard InChI is InChI=1S/C17H25NO6/c1-3-21-14(19)11-16(13(12-18)15(20)22-4-2)5-7-17(8-6-16)23-9-10-24-17/h13H,3-11H2,1-2H3. The van der Waals surface area contributed by atoms with Crippen LogP contribution in [-0.4, -0.2) is 44.2 Å². The Morgan fingerprint density at radius 2 is 1.67 bits per heavy atom. The molecule has 1 spiro atoms. The SMILES string of the molecule is CCOC(=O)CC1(C(C#N)C(=O)OCC)CCC2(CC1)OCCO2. The Balaban J connectivity index is 2.20. The summed E-state index contributed by atoms with van der Waals surface area (Å²) in [5, 5.41) is 9.57. The van der Waals surface area contributed by atoms with E-state index in [2.05, 4.69) is 6.07 Å². The van der Waals surface area contributed by atoms with Crippen LogP contribution in [0.4, 0.5) is 0 Å². The van der Waals surface area contributed by atoms with Crippen LogP contribution in [0.5, 0.6) is 0 Å². The molecule has 1 atom stereocenters. The lowest BCUT2D eigenvalue weighted by Crippen LogP contribution is -2.46. The molecule has 0 amide bonds. The maximum atomic E-state index is 12.3. The Labute approximate surface area is 142 Å². The number of esters is 2. The summed E-state index contributed by atoms with van der Waals surface area (Å²) in [6, 6.07) is 2.06. The van der Waals surface area contributed by atoms with E-state index < -0.39 is 29.1 Å². The smallest absolute Gasteiger partial charge is 0.323 e. The van der Waals surface area contributed by atoms with Gasteiger partial charge in [-0.1, -0.05) is 0 Å². The Morgan fingerprint density at radius 1 is 1.08 bits per heavy atom. The summed E-state index contributed by atoms with van der Waals surface area (Å²) in [5.41, 5.74) is -0.798. The summed E-state index contributed by atoms with van der Waals surface area (Å²) in [6.45, 7) is 4.98. The summed E-state index contributed by atoms with van der Waals surface area (Å²) >= 11 is 0. The second-order valence-electron chi connectivity index (χ2n) is 6.27. The van der Waals surface area contributed by atoms with Gasteiger partial charge in [0, 0.05) is 18.3 Å². The van der Waals surface area contributed by atoms with Gasteiger partial charge in [0.1, 0.15) is 5.92 Å². The highest BCUT2D eigenvalue weighted by molar-refractivity contribution is 5.78. The third-order valence-electron chi connectivity index (χ3n) is 4.89. The van der Waals surface area contributed by atoms with E-state index >= 15 is 0 Å². The summed E-state index contributed by atoms with van der Waals surface area (Å²) in [5.74, 6) is -2.60. The summed E-state index contributed by atoms with van der Waals surface area (Å²) < 4.78 is 21.5. The van der Waals surface area contributed by atoms with Crippen LogP contribution in [0.3, 0.4) is 0 Å². The highest BCUT2D eigenvalue weighted by Gasteiger charge is 2.53. The van der Waals surface area contributed by atoms with E-state index in [1.807, 2.05) is 0 Å². The van der Waals surface area contributed by atoms with Gasteiger partial charge in [0.25, 0.3) is 0 Å². The molecule has 0 aromatic heterocycles. The Kier molecular flexibility index (Phi) is 6.19. The van der Waals surface area contributed by atoms with Crippen molar-refractivity contribution in [2.24, 2.45) is 11.3 Å². The van der Waals surface area contributed by atoms with E-state index in [1.165, 1.54) is 0 Å². The van der Waals surface area contributed by atoms with Crippen molar-refractivity contribution in [1.29, 1.82) is 5.26 Å². The van der Waals surface area contributed by atoms with Crippen LogP contribution in [0.2, 0.25) is 0 Å². The zero-order chi connectivity index (χ0) is 17.6. The fraction of sp³-hybridized carbons (Fsp3) is 0.824. The molecule has 0 aromatic carbocycles. The number of carbonyl (C=O) groups is 2. The molecule has 1 unspecified atom stereocenters. The van der Waals surface area contributed by atoms with E-state index in [-0.39, 0.29) is 19.6 Å². The van der Waals surface area contributed by atoms with Gasteiger partial charge in [-0.25, -0.2) is 0 Å². The third kappa shape index (κ3) is 3.87. The van der Waals surface area contributed by atoms with Crippen molar-refractivity contribution in [3.63, 3.8) is 0 Å². The van der Waals surface area contributed by atoms with Crippen LogP contribution in [0, 0.1) is 22.7 Å². The van der Waals surface area contributed by atoms with Crippen molar-refractivity contribution in [2.45, 2.75) is 51.7 Å². The van der Waals surface area contributed by atoms with Crippen LogP contribution >= 0.6 is 0 Å². The first kappa shape index (κ1) is 18.7. The van der Waals surface area contributed by atoms with Crippen molar-refractivity contribution in [2.75, 3.05) is 26.4 Å². The maximum absolute atomic E-state index is 12.3. The molecule has 0 radical (unpaired) electrons. The molecule has 7 nitrogen and oxygen atoms in total. The number of nitrogens with zero attached hydrogens (tertiary/aromatic N) is 1. The molecule has 2 rings (SSSR count). The number of ether oxygens (including phenoxy) is 4. The molecule has 0 bridgehead atoms. The van der Waals surface area contributed by atoms with Crippen LogP contribution in [0.15, 0.2) is 0 Å². The zero-order valence-electron chi connectivity index (χ0n) is 14.3. The minimum absolute atomic E-state index is 0.0218. The predicted octanol–water partition coefficient (Wildman–Crippen LogP) is 1.95. The lowest BCUT2D eigenvalue weighted by Gasteiger charge is -2.44. The van der Waals surface area contributed by atoms with Gasteiger partial charge in [0.15, 0.2) is 5.79 Å². The minimum atomic E-state index is -0.999. The topological polar surface area (TPSA) is 94.9 Å². The summed E-state index contributed by atoms with van der Waals surface area (Å²) in [4.78, 5) is 24.4. The molecule has 1 aliphatic carbocycles. The Hall–Kier alpha value is -1.65. The average molecular weight is 339 g/mol. The monoisotopic (exact) mass is 339 g/mol. The van der Waals surface area contributed by atoms with E-state index in [1.54, 1.807) is 13.8 Å². The van der Waals surface area contributed by atoms with Crippen LogP contribution < -0.4 is 0 Å². The molecule has 1 heterocycles. The quantitative estimate of drug-likeness (QED) is 0.682. The molecule has 24 heavy (non-hydrogen) atoms. The van der Waals surface area contributed by atoms with Gasteiger partial charge in [-0.15, -0.1) is 0 Å². The predicted molar refractivity (Wildman–Crippen MR) is 82.5 cm³/mol. The molecular weight excluding hydrogens is 314 g/mol. The fourth-order valence-corrected chi connectivity index (χ4v) is 3.65. The largest absolute Gasteiger partial charge is 0.466 e. The first-order valence-electron chi connectivity index (χ1n) is 8.50. The van der Waals surface area contributed by atoms with Gasteiger partial charge in [0.2, 0.25) is 0 Å². The van der Waals surface area contributed by atoms with Gasteiger partial charge in [-0.3, -0.25) is 9.59 Å². The van der Waals surface area contributed by atoms with Crippen molar-refractivity contribution in [3.05, 3.63) is 0 Å². The molecule has 7 heteroatoms. The van der Waals surface area contributed by atoms with E-state index in [9.17, 15) is 14.9 Å². The van der Waals surface area contributed by atoms with E-state index in [4.69, 9.17) is 18.9 Å². The van der Waals surface area contributed by atoms with Gasteiger partial charge in [-0.05, 0) is 26.7 Å². The minimum Gasteiger partial charge on any atom is -0.466 e. The maximum Gasteiger partial charge on any atom is 0.323 e. The first-order valence-corrected chi connectivity index (χ1v) is 8.50. The number of nitriles is 1. The number of carbonyl (C=O) groups excluding carboxylic acids is 2. The molecule has 1 saturated heterocycles. The van der Waals surface area contributed by atoms with E-state index in [0.29, 0.717) is 38.9 Å². The molecule has 1 aliphatic heterocycles. The normalized spacial score (nSPS) is 22.5. The summed E-state index contributed by atoms with van der Waals surface area (Å²) in [7, 11) is 0. The van der Waals surface area contributed by atoms with Crippen molar-refractivity contribution < 1.29 is 28.5 Å². The fourth-order valence-electron chi connectivity index (χ4n) is 3.65. The van der Waals surface area contributed by atoms with Crippen molar-refractivity contribution >= 4 is 11.9 Å². The number of hydrogen-bond acceptors (Lipinski definition) is 7. The molecule has 0 aromatic rings. The van der Waals surface area contributed by atoms with E-state index in [0.717, 1.165) is 0 Å². The molecule has 0 N–H and O–H groups in total. The highest BCUT2D eigenvalue weighted by atomic mass is 16.7. The lowest BCUT2D eigenvalue weighted by atomic mass is 9.63. The third-order valence-corrected chi connectivity index (χ3v) is 4.89. The van der Waals surface area contributed by atoms with Crippen LogP contribution in [0.25, 0.3) is 0 Å². The summed E-state index contributed by atoms with van der Waals surface area (Å²) in [6.07, 6.45) is 2.06. The molecule has 2 fully saturated rings. The first-order chi connectivity index (χ1) is 11.5. The van der Waals surface area contributed by atoms with Gasteiger partial charge in [0.05, 0.1) is 38.9 Å². The molecule has 2 aliphatic rings. The van der Waals surface area contributed by atoms with Crippen molar-refractivity contribution in [3.8, 4) is 6.07 Å². The second-order valence-corrected chi connectivity index (χ2v) is 6.27. The average Bonchev–Trinajstić information content (AvgIpc) is 3.00. The molecule has 134 valence electrons. The second kappa shape index (κ2) is 7.95. The number of rotatable bonds is 6. The molecule has 1 saturated carbocycles. The zero-order valence-corrected chi connectivity index (χ0v) is 14.3. The lowest BCUT2D eigenvalue weighted by molar-refractivity contribution is -0.200. The van der Waals surface area contributed by atoms with Crippen molar-refractivity contribution in [1.82, 2.24) is 0 Å². The van der Waals surface area contributed by atoms with Gasteiger partial charge in [-0.2, -0.15) is 5.26 Å². The Bertz CT molecular complexity index is 496. The van der Waals surface area contributed by atoms with Gasteiger partial charge < -0.3 is 18.9 Å². The van der Waals surface area contributed by atoms with Gasteiger partial charge >= 0.3 is 11.9 Å². The number of hydrogen-bond donors (Lipinski definition) is 0. The Morgan fingerprint density at radius 3 is 2.17 bits per heavy atom. The highest BCUT2D eigenvalue weighted by Crippen LogP contribution is 2.51. The molecular formula is C17H25NO6. The van der Waals surface area contributed by atoms with Crippen LogP contribution in [0.1, 0.15) is 46.0 Å². The van der Waals surface area contributed by atoms with Crippen LogP contribution in [-0.2, 0) is 28.5 Å².